The SMILES string of the molecule is CN(CCCO[C@H]1C[C@H](CBr)C1)C(=O)O. The fourth-order valence-corrected chi connectivity index (χ4v) is 2.11. The molecule has 0 aromatic carbocycles. The minimum absolute atomic E-state index is 0.405. The topological polar surface area (TPSA) is 49.8 Å². The van der Waals surface area contributed by atoms with E-state index < -0.39 is 6.09 Å². The van der Waals surface area contributed by atoms with Gasteiger partial charge in [0.25, 0.3) is 0 Å². The summed E-state index contributed by atoms with van der Waals surface area (Å²) in [6, 6.07) is 0. The maximum atomic E-state index is 10.5. The number of hydrogen-bond acceptors (Lipinski definition) is 2. The lowest BCUT2D eigenvalue weighted by Crippen LogP contribution is -2.33. The van der Waals surface area contributed by atoms with Crippen molar-refractivity contribution < 1.29 is 14.6 Å². The molecule has 1 saturated carbocycles. The summed E-state index contributed by atoms with van der Waals surface area (Å²) in [6.07, 6.45) is 2.58. The van der Waals surface area contributed by atoms with Crippen molar-refractivity contribution in [1.29, 1.82) is 0 Å². The molecule has 0 aromatic heterocycles. The van der Waals surface area contributed by atoms with Crippen LogP contribution in [0.2, 0.25) is 0 Å². The van der Waals surface area contributed by atoms with E-state index in [9.17, 15) is 4.79 Å². The predicted octanol–water partition coefficient (Wildman–Crippen LogP) is 2.18. The maximum absolute atomic E-state index is 10.5. The molecule has 4 nitrogen and oxygen atoms in total. The summed E-state index contributed by atoms with van der Waals surface area (Å²) in [6.45, 7) is 1.21. The molecule has 5 heteroatoms. The number of hydrogen-bond donors (Lipinski definition) is 1. The summed E-state index contributed by atoms with van der Waals surface area (Å²) in [5, 5.41) is 9.66. The first-order chi connectivity index (χ1) is 7.13. The Labute approximate surface area is 98.7 Å². The van der Waals surface area contributed by atoms with Gasteiger partial charge < -0.3 is 14.7 Å². The molecule has 0 heterocycles. The van der Waals surface area contributed by atoms with E-state index in [1.54, 1.807) is 7.05 Å². The Kier molecular flexibility index (Phi) is 5.39. The van der Waals surface area contributed by atoms with Crippen LogP contribution in [0, 0.1) is 5.92 Å². The van der Waals surface area contributed by atoms with Gasteiger partial charge in [0.15, 0.2) is 0 Å². The molecule has 0 saturated heterocycles. The molecule has 1 aliphatic carbocycles. The second-order valence-electron chi connectivity index (χ2n) is 4.04. The smallest absolute Gasteiger partial charge is 0.407 e. The second kappa shape index (κ2) is 6.33. The quantitative estimate of drug-likeness (QED) is 0.599. The Morgan fingerprint density at radius 3 is 2.80 bits per heavy atom. The van der Waals surface area contributed by atoms with Gasteiger partial charge in [0.2, 0.25) is 0 Å². The first-order valence-electron chi connectivity index (χ1n) is 5.25. The number of ether oxygens (including phenoxy) is 1. The summed E-state index contributed by atoms with van der Waals surface area (Å²) in [5.41, 5.74) is 0. The zero-order valence-corrected chi connectivity index (χ0v) is 10.6. The van der Waals surface area contributed by atoms with Crippen LogP contribution in [0.4, 0.5) is 4.79 Å². The van der Waals surface area contributed by atoms with E-state index in [1.165, 1.54) is 4.90 Å². The molecule has 88 valence electrons. The van der Waals surface area contributed by atoms with Gasteiger partial charge in [-0.3, -0.25) is 0 Å². The molecule has 1 N–H and O–H groups in total. The highest BCUT2D eigenvalue weighted by Crippen LogP contribution is 2.31. The van der Waals surface area contributed by atoms with Crippen molar-refractivity contribution >= 4 is 22.0 Å². The van der Waals surface area contributed by atoms with Crippen molar-refractivity contribution in [3.8, 4) is 0 Å². The van der Waals surface area contributed by atoms with Gasteiger partial charge in [-0.25, -0.2) is 4.79 Å². The number of carbonyl (C=O) groups is 1. The number of rotatable bonds is 6. The molecule has 0 spiro atoms. The van der Waals surface area contributed by atoms with Crippen molar-refractivity contribution in [3.05, 3.63) is 0 Å². The normalized spacial score (nSPS) is 24.7. The van der Waals surface area contributed by atoms with Crippen LogP contribution in [0.25, 0.3) is 0 Å². The molecular weight excluding hydrogens is 262 g/mol. The average molecular weight is 280 g/mol. The number of nitrogens with zero attached hydrogens (tertiary/aromatic N) is 1. The van der Waals surface area contributed by atoms with Gasteiger partial charge in [0.1, 0.15) is 0 Å². The Morgan fingerprint density at radius 1 is 1.60 bits per heavy atom. The van der Waals surface area contributed by atoms with Gasteiger partial charge >= 0.3 is 6.09 Å². The summed E-state index contributed by atoms with van der Waals surface area (Å²) in [7, 11) is 1.58. The minimum Gasteiger partial charge on any atom is -0.465 e. The van der Waals surface area contributed by atoms with Gasteiger partial charge in [-0.1, -0.05) is 15.9 Å². The van der Waals surface area contributed by atoms with E-state index >= 15 is 0 Å². The van der Waals surface area contributed by atoms with Crippen LogP contribution in [-0.4, -0.2) is 47.7 Å². The zero-order chi connectivity index (χ0) is 11.3. The lowest BCUT2D eigenvalue weighted by molar-refractivity contribution is -0.0258. The Hall–Kier alpha value is -0.290. The van der Waals surface area contributed by atoms with E-state index in [4.69, 9.17) is 9.84 Å². The molecule has 0 aliphatic heterocycles. The van der Waals surface area contributed by atoms with Crippen LogP contribution >= 0.6 is 15.9 Å². The first-order valence-corrected chi connectivity index (χ1v) is 6.37. The fourth-order valence-electron chi connectivity index (χ4n) is 1.58. The highest BCUT2D eigenvalue weighted by atomic mass is 79.9. The molecule has 0 unspecified atom stereocenters. The Balaban J connectivity index is 1.92. The lowest BCUT2D eigenvalue weighted by atomic mass is 9.84. The molecule has 0 aromatic rings. The monoisotopic (exact) mass is 279 g/mol. The minimum atomic E-state index is -0.877. The highest BCUT2D eigenvalue weighted by Gasteiger charge is 2.28. The highest BCUT2D eigenvalue weighted by molar-refractivity contribution is 9.09. The first kappa shape index (κ1) is 12.8. The van der Waals surface area contributed by atoms with Crippen molar-refractivity contribution in [1.82, 2.24) is 4.90 Å². The lowest BCUT2D eigenvalue weighted by Gasteiger charge is -2.34. The zero-order valence-electron chi connectivity index (χ0n) is 8.99. The van der Waals surface area contributed by atoms with Crippen LogP contribution in [0.1, 0.15) is 19.3 Å². The summed E-state index contributed by atoms with van der Waals surface area (Å²) in [5.74, 6) is 0.775. The predicted molar refractivity (Wildman–Crippen MR) is 61.5 cm³/mol. The molecule has 1 fully saturated rings. The van der Waals surface area contributed by atoms with E-state index in [-0.39, 0.29) is 0 Å². The molecule has 0 radical (unpaired) electrons. The van der Waals surface area contributed by atoms with E-state index in [0.29, 0.717) is 19.3 Å². The largest absolute Gasteiger partial charge is 0.465 e. The average Bonchev–Trinajstić information content (AvgIpc) is 2.14. The second-order valence-corrected chi connectivity index (χ2v) is 4.69. The maximum Gasteiger partial charge on any atom is 0.407 e. The summed E-state index contributed by atoms with van der Waals surface area (Å²) in [4.78, 5) is 11.7. The molecular formula is C10H18BrNO3. The van der Waals surface area contributed by atoms with E-state index in [2.05, 4.69) is 15.9 Å². The van der Waals surface area contributed by atoms with Gasteiger partial charge in [0.05, 0.1) is 6.10 Å². The standard InChI is InChI=1S/C10H18BrNO3/c1-12(10(13)14)3-2-4-15-9-5-8(6-9)7-11/h8-9H,2-7H2,1H3,(H,13,14)/t8-,9-. The van der Waals surface area contributed by atoms with Crippen LogP contribution in [0.15, 0.2) is 0 Å². The molecule has 1 rings (SSSR count). The molecule has 0 bridgehead atoms. The van der Waals surface area contributed by atoms with Gasteiger partial charge in [0, 0.05) is 25.5 Å². The van der Waals surface area contributed by atoms with E-state index in [1.807, 2.05) is 0 Å². The Morgan fingerprint density at radius 2 is 2.27 bits per heavy atom. The van der Waals surface area contributed by atoms with E-state index in [0.717, 1.165) is 30.5 Å². The summed E-state index contributed by atoms with van der Waals surface area (Å²) >= 11 is 3.44. The van der Waals surface area contributed by atoms with Crippen molar-refractivity contribution in [2.45, 2.75) is 25.4 Å². The van der Waals surface area contributed by atoms with Crippen molar-refractivity contribution in [3.63, 3.8) is 0 Å². The summed E-state index contributed by atoms with van der Waals surface area (Å²) < 4.78 is 5.60. The molecule has 0 atom stereocenters. The number of amides is 1. The Bertz CT molecular complexity index is 207. The van der Waals surface area contributed by atoms with Gasteiger partial charge in [-0.05, 0) is 25.2 Å². The number of carboxylic acid groups (broad SMARTS) is 1. The molecule has 1 amide bonds. The van der Waals surface area contributed by atoms with Crippen LogP contribution in [0.5, 0.6) is 0 Å². The van der Waals surface area contributed by atoms with Gasteiger partial charge in [-0.15, -0.1) is 0 Å². The molecule has 1 aliphatic rings. The fraction of sp³-hybridized carbons (Fsp3) is 0.900. The third-order valence-electron chi connectivity index (χ3n) is 2.73. The van der Waals surface area contributed by atoms with Crippen molar-refractivity contribution in [2.24, 2.45) is 5.92 Å². The molecule has 15 heavy (non-hydrogen) atoms. The van der Waals surface area contributed by atoms with Crippen molar-refractivity contribution in [2.75, 3.05) is 25.5 Å². The van der Waals surface area contributed by atoms with Crippen LogP contribution < -0.4 is 0 Å². The third kappa shape index (κ3) is 4.38. The number of alkyl halides is 1. The van der Waals surface area contributed by atoms with Crippen LogP contribution in [0.3, 0.4) is 0 Å². The number of halogens is 1. The van der Waals surface area contributed by atoms with Gasteiger partial charge in [-0.2, -0.15) is 0 Å². The van der Waals surface area contributed by atoms with Crippen LogP contribution in [-0.2, 0) is 4.74 Å². The third-order valence-corrected chi connectivity index (χ3v) is 3.64.